The third kappa shape index (κ3) is 7.91. The van der Waals surface area contributed by atoms with Crippen molar-refractivity contribution in [3.63, 3.8) is 0 Å². The summed E-state index contributed by atoms with van der Waals surface area (Å²) in [5.74, 6) is -0.0747. The first-order valence-electron chi connectivity index (χ1n) is 14.4. The lowest BCUT2D eigenvalue weighted by Crippen LogP contribution is -2.54. The fraction of sp³-hybridized carbons (Fsp3) is 0.394. The second kappa shape index (κ2) is 13.9. The molecule has 1 saturated carbocycles. The predicted octanol–water partition coefficient (Wildman–Crippen LogP) is 4.78. The van der Waals surface area contributed by atoms with Crippen molar-refractivity contribution in [3.8, 4) is 5.75 Å². The number of ether oxygens (including phenoxy) is 1. The van der Waals surface area contributed by atoms with Crippen molar-refractivity contribution in [2.75, 3.05) is 24.2 Å². The van der Waals surface area contributed by atoms with Gasteiger partial charge >= 0.3 is 0 Å². The molecule has 0 unspecified atom stereocenters. The van der Waals surface area contributed by atoms with Gasteiger partial charge in [-0.15, -0.1) is 0 Å². The van der Waals surface area contributed by atoms with Crippen molar-refractivity contribution < 1.29 is 22.7 Å². The molecule has 3 aromatic carbocycles. The number of benzene rings is 3. The number of carbonyl (C=O) groups is 2. The third-order valence-electron chi connectivity index (χ3n) is 7.98. The second-order valence-corrected chi connectivity index (χ2v) is 13.0. The van der Waals surface area contributed by atoms with Gasteiger partial charge in [-0.1, -0.05) is 67.4 Å². The Labute approximate surface area is 249 Å². The maximum Gasteiger partial charge on any atom is 0.244 e. The first-order valence-corrected chi connectivity index (χ1v) is 16.2. The highest BCUT2D eigenvalue weighted by Gasteiger charge is 2.34. The summed E-state index contributed by atoms with van der Waals surface area (Å²) >= 11 is 0. The van der Waals surface area contributed by atoms with Gasteiger partial charge in [-0.05, 0) is 67.1 Å². The Morgan fingerprint density at radius 3 is 2.29 bits per heavy atom. The molecule has 3 aromatic rings. The molecule has 0 aromatic heterocycles. The number of rotatable bonds is 12. The maximum atomic E-state index is 14.3. The topological polar surface area (TPSA) is 96.0 Å². The first-order chi connectivity index (χ1) is 20.1. The molecule has 0 spiro atoms. The molecule has 8 nitrogen and oxygen atoms in total. The van der Waals surface area contributed by atoms with Crippen molar-refractivity contribution in [3.05, 3.63) is 95.1 Å². The van der Waals surface area contributed by atoms with E-state index in [2.05, 4.69) is 5.32 Å². The van der Waals surface area contributed by atoms with E-state index in [4.69, 9.17) is 4.74 Å². The molecule has 1 fully saturated rings. The highest BCUT2D eigenvalue weighted by Crippen LogP contribution is 2.26. The number of sulfonamides is 1. The Kier molecular flexibility index (Phi) is 10.3. The van der Waals surface area contributed by atoms with Crippen molar-refractivity contribution >= 4 is 27.5 Å². The summed E-state index contributed by atoms with van der Waals surface area (Å²) in [4.78, 5) is 29.8. The van der Waals surface area contributed by atoms with Gasteiger partial charge in [-0.25, -0.2) is 8.42 Å². The molecule has 0 radical (unpaired) electrons. The van der Waals surface area contributed by atoms with E-state index < -0.39 is 28.5 Å². The van der Waals surface area contributed by atoms with Crippen LogP contribution in [0.2, 0.25) is 0 Å². The van der Waals surface area contributed by atoms with E-state index >= 15 is 0 Å². The fourth-order valence-corrected chi connectivity index (χ4v) is 6.39. The largest absolute Gasteiger partial charge is 0.497 e. The molecular weight excluding hydrogens is 550 g/mol. The molecule has 1 aliphatic carbocycles. The SMILES string of the molecule is COc1cccc(CN(C(=O)CN(c2cccc(C)c2C)S(C)(=O)=O)[C@@H](Cc2ccccc2)C(=O)NC2CCCC2)c1. The van der Waals surface area contributed by atoms with Gasteiger partial charge in [0.05, 0.1) is 19.1 Å². The minimum Gasteiger partial charge on any atom is -0.497 e. The molecule has 1 N–H and O–H groups in total. The molecule has 4 rings (SSSR count). The number of methoxy groups -OCH3 is 1. The van der Waals surface area contributed by atoms with Gasteiger partial charge < -0.3 is 15.0 Å². The Morgan fingerprint density at radius 2 is 1.62 bits per heavy atom. The monoisotopic (exact) mass is 591 g/mol. The Morgan fingerprint density at radius 1 is 0.952 bits per heavy atom. The standard InChI is InChI=1S/C33H41N3O5S/c1-24-12-10-19-30(25(24)2)36(42(4,39)40)23-32(37)35(22-27-15-11-18-29(20-27)41-3)31(21-26-13-6-5-7-14-26)33(38)34-28-16-8-9-17-28/h5-7,10-15,18-20,28,31H,8-9,16-17,21-23H2,1-4H3,(H,34,38)/t31-/m0/s1. The molecule has 1 atom stereocenters. The van der Waals surface area contributed by atoms with Gasteiger partial charge in [0.1, 0.15) is 18.3 Å². The third-order valence-corrected chi connectivity index (χ3v) is 9.11. The van der Waals surface area contributed by atoms with E-state index in [1.54, 1.807) is 19.2 Å². The molecule has 2 amide bonds. The van der Waals surface area contributed by atoms with Crippen molar-refractivity contribution in [2.45, 2.75) is 64.6 Å². The number of nitrogens with zero attached hydrogens (tertiary/aromatic N) is 2. The van der Waals surface area contributed by atoms with Gasteiger partial charge in [-0.3, -0.25) is 13.9 Å². The molecule has 1 aliphatic rings. The van der Waals surface area contributed by atoms with Crippen LogP contribution in [0.25, 0.3) is 0 Å². The van der Waals surface area contributed by atoms with Crippen LogP contribution in [0.3, 0.4) is 0 Å². The molecule has 0 aliphatic heterocycles. The number of hydrogen-bond donors (Lipinski definition) is 1. The second-order valence-electron chi connectivity index (χ2n) is 11.1. The first kappa shape index (κ1) is 31.1. The summed E-state index contributed by atoms with van der Waals surface area (Å²) in [5.41, 5.74) is 3.81. The van der Waals surface area contributed by atoms with E-state index in [1.807, 2.05) is 74.5 Å². The van der Waals surface area contributed by atoms with Crippen LogP contribution in [-0.2, 0) is 32.6 Å². The highest BCUT2D eigenvalue weighted by molar-refractivity contribution is 7.92. The van der Waals surface area contributed by atoms with E-state index in [0.717, 1.165) is 58.5 Å². The number of carbonyl (C=O) groups excluding carboxylic acids is 2. The van der Waals surface area contributed by atoms with Crippen LogP contribution in [0.1, 0.15) is 47.9 Å². The van der Waals surface area contributed by atoms with E-state index in [-0.39, 0.29) is 24.9 Å². The molecule has 42 heavy (non-hydrogen) atoms. The van der Waals surface area contributed by atoms with Crippen LogP contribution >= 0.6 is 0 Å². The highest BCUT2D eigenvalue weighted by atomic mass is 32.2. The lowest BCUT2D eigenvalue weighted by Gasteiger charge is -2.34. The van der Waals surface area contributed by atoms with E-state index in [1.165, 1.54) is 4.90 Å². The summed E-state index contributed by atoms with van der Waals surface area (Å²) in [6.45, 7) is 3.42. The summed E-state index contributed by atoms with van der Waals surface area (Å²) in [7, 11) is -2.25. The summed E-state index contributed by atoms with van der Waals surface area (Å²) in [6.07, 6.45) is 5.31. The Bertz CT molecular complexity index is 1490. The minimum atomic E-state index is -3.83. The normalized spacial score (nSPS) is 14.3. The number of hydrogen-bond acceptors (Lipinski definition) is 5. The quantitative estimate of drug-likeness (QED) is 0.327. The summed E-state index contributed by atoms with van der Waals surface area (Å²) < 4.78 is 32.7. The molecular formula is C33H41N3O5S. The zero-order chi connectivity index (χ0) is 30.3. The van der Waals surface area contributed by atoms with Gasteiger partial charge in [0.2, 0.25) is 21.8 Å². The number of nitrogens with one attached hydrogen (secondary N) is 1. The molecule has 224 valence electrons. The van der Waals surface area contributed by atoms with Crippen LogP contribution < -0.4 is 14.4 Å². The molecule has 0 saturated heterocycles. The van der Waals surface area contributed by atoms with Crippen molar-refractivity contribution in [1.29, 1.82) is 0 Å². The van der Waals surface area contributed by atoms with Crippen molar-refractivity contribution in [1.82, 2.24) is 10.2 Å². The Hall–Kier alpha value is -3.85. The molecule has 9 heteroatoms. The smallest absolute Gasteiger partial charge is 0.244 e. The average Bonchev–Trinajstić information content (AvgIpc) is 3.48. The predicted molar refractivity (Wildman–Crippen MR) is 166 cm³/mol. The number of aryl methyl sites for hydroxylation is 1. The fourth-order valence-electron chi connectivity index (χ4n) is 5.49. The molecule has 0 heterocycles. The van der Waals surface area contributed by atoms with Crippen LogP contribution in [0.15, 0.2) is 72.8 Å². The van der Waals surface area contributed by atoms with Gasteiger partial charge in [-0.2, -0.15) is 0 Å². The van der Waals surface area contributed by atoms with Gasteiger partial charge in [0.25, 0.3) is 0 Å². The molecule has 0 bridgehead atoms. The zero-order valence-corrected chi connectivity index (χ0v) is 25.7. The van der Waals surface area contributed by atoms with Crippen molar-refractivity contribution in [2.24, 2.45) is 0 Å². The van der Waals surface area contributed by atoms with Crippen LogP contribution in [0.4, 0.5) is 5.69 Å². The Balaban J connectivity index is 1.75. The average molecular weight is 592 g/mol. The maximum absolute atomic E-state index is 14.3. The van der Waals surface area contributed by atoms with E-state index in [9.17, 15) is 18.0 Å². The summed E-state index contributed by atoms with van der Waals surface area (Å²) in [6, 6.07) is 21.5. The van der Waals surface area contributed by atoms with Crippen LogP contribution in [-0.4, -0.2) is 57.1 Å². The van der Waals surface area contributed by atoms with Gasteiger partial charge in [0.15, 0.2) is 0 Å². The number of anilines is 1. The van der Waals surface area contributed by atoms with Crippen LogP contribution in [0, 0.1) is 13.8 Å². The van der Waals surface area contributed by atoms with Crippen LogP contribution in [0.5, 0.6) is 5.75 Å². The zero-order valence-electron chi connectivity index (χ0n) is 24.9. The minimum absolute atomic E-state index is 0.0620. The number of amides is 2. The van der Waals surface area contributed by atoms with Gasteiger partial charge in [0, 0.05) is 19.0 Å². The lowest BCUT2D eigenvalue weighted by atomic mass is 10.0. The lowest BCUT2D eigenvalue weighted by molar-refractivity contribution is -0.140. The van der Waals surface area contributed by atoms with E-state index in [0.29, 0.717) is 11.4 Å². The summed E-state index contributed by atoms with van der Waals surface area (Å²) in [5, 5.41) is 3.19.